The summed E-state index contributed by atoms with van der Waals surface area (Å²) in [4.78, 5) is 37.8. The molecule has 19 heavy (non-hydrogen) atoms. The molecule has 6 nitrogen and oxygen atoms in total. The molecule has 0 aromatic heterocycles. The molecule has 2 heterocycles. The summed E-state index contributed by atoms with van der Waals surface area (Å²) in [5, 5.41) is 2.16. The predicted molar refractivity (Wildman–Crippen MR) is 69.2 cm³/mol. The van der Waals surface area contributed by atoms with Crippen molar-refractivity contribution in [2.45, 2.75) is 38.6 Å². The Balaban J connectivity index is 2.32. The van der Waals surface area contributed by atoms with Crippen molar-refractivity contribution in [3.05, 3.63) is 0 Å². The van der Waals surface area contributed by atoms with Gasteiger partial charge in [-0.25, -0.2) is 4.79 Å². The molecule has 0 saturated carbocycles. The van der Waals surface area contributed by atoms with Gasteiger partial charge in [-0.1, -0.05) is 13.8 Å². The maximum absolute atomic E-state index is 12.4. The zero-order chi connectivity index (χ0) is 14.2. The Morgan fingerprint density at radius 1 is 1.32 bits per heavy atom. The minimum atomic E-state index is -1.34. The number of hydrogen-bond acceptors (Lipinski definition) is 4. The first-order chi connectivity index (χ1) is 8.93. The summed E-state index contributed by atoms with van der Waals surface area (Å²) in [6, 6.07) is -0.869. The molecule has 0 radical (unpaired) electrons. The number of hydrogen-bond donors (Lipinski definition) is 1. The van der Waals surface area contributed by atoms with Crippen molar-refractivity contribution < 1.29 is 14.4 Å². The number of urea groups is 1. The summed E-state index contributed by atoms with van der Waals surface area (Å²) >= 11 is 5.69. The van der Waals surface area contributed by atoms with Crippen molar-refractivity contribution in [2.24, 2.45) is 5.92 Å². The summed E-state index contributed by atoms with van der Waals surface area (Å²) in [6.07, 6.45) is 2.15. The largest absolute Gasteiger partial charge is 0.345 e. The Morgan fingerprint density at radius 3 is 2.42 bits per heavy atom. The van der Waals surface area contributed by atoms with Gasteiger partial charge in [-0.05, 0) is 38.3 Å². The van der Waals surface area contributed by atoms with Crippen LogP contribution in [0.15, 0.2) is 0 Å². The second-order valence-electron chi connectivity index (χ2n) is 5.23. The monoisotopic (exact) mass is 287 g/mol. The maximum Gasteiger partial charge on any atom is 0.345 e. The van der Waals surface area contributed by atoms with Gasteiger partial charge < -0.3 is 0 Å². The van der Waals surface area contributed by atoms with E-state index in [1.165, 1.54) is 0 Å². The van der Waals surface area contributed by atoms with E-state index >= 15 is 0 Å². The van der Waals surface area contributed by atoms with Gasteiger partial charge in [0.2, 0.25) is 0 Å². The quantitative estimate of drug-likeness (QED) is 0.610. The van der Waals surface area contributed by atoms with Crippen LogP contribution in [0.4, 0.5) is 4.79 Å². The van der Waals surface area contributed by atoms with Gasteiger partial charge in [0.25, 0.3) is 11.8 Å². The Labute approximate surface area is 117 Å². The molecule has 0 aromatic carbocycles. The van der Waals surface area contributed by atoms with Gasteiger partial charge in [-0.3, -0.25) is 19.8 Å². The minimum Gasteiger partial charge on any atom is -0.282 e. The molecule has 2 aliphatic rings. The van der Waals surface area contributed by atoms with E-state index in [1.54, 1.807) is 6.92 Å². The van der Waals surface area contributed by atoms with Crippen LogP contribution in [0.5, 0.6) is 0 Å². The first-order valence-electron chi connectivity index (χ1n) is 6.54. The Morgan fingerprint density at radius 2 is 1.89 bits per heavy atom. The standard InChI is InChI=1S/C12H18ClN3O3/c1-3-12(15-6-4-8(2)5-7-15)9(17)14-11(19)16(13)10(12)18/h8H,3-7H2,1-2H3,(H,14,17,19). The molecule has 7 heteroatoms. The highest BCUT2D eigenvalue weighted by molar-refractivity contribution is 6.37. The van der Waals surface area contributed by atoms with Gasteiger partial charge >= 0.3 is 6.03 Å². The van der Waals surface area contributed by atoms with Crippen LogP contribution in [-0.4, -0.2) is 45.8 Å². The van der Waals surface area contributed by atoms with Crippen LogP contribution in [-0.2, 0) is 9.59 Å². The van der Waals surface area contributed by atoms with Crippen LogP contribution >= 0.6 is 11.8 Å². The van der Waals surface area contributed by atoms with Crippen LogP contribution in [0.1, 0.15) is 33.1 Å². The maximum atomic E-state index is 12.4. The van der Waals surface area contributed by atoms with Crippen molar-refractivity contribution in [2.75, 3.05) is 13.1 Å². The number of piperidine rings is 1. The zero-order valence-corrected chi connectivity index (χ0v) is 11.9. The molecule has 0 aliphatic carbocycles. The number of barbiturate groups is 1. The third-order valence-corrected chi connectivity index (χ3v) is 4.45. The molecule has 1 unspecified atom stereocenters. The van der Waals surface area contributed by atoms with Crippen molar-refractivity contribution in [3.63, 3.8) is 0 Å². The number of imide groups is 2. The smallest absolute Gasteiger partial charge is 0.282 e. The van der Waals surface area contributed by atoms with E-state index in [9.17, 15) is 14.4 Å². The van der Waals surface area contributed by atoms with Gasteiger partial charge in [0.05, 0.1) is 0 Å². The van der Waals surface area contributed by atoms with E-state index in [1.807, 2.05) is 4.90 Å². The molecule has 2 fully saturated rings. The van der Waals surface area contributed by atoms with Gasteiger partial charge in [0, 0.05) is 11.8 Å². The van der Waals surface area contributed by atoms with Crippen LogP contribution in [0, 0.1) is 5.92 Å². The van der Waals surface area contributed by atoms with Crippen molar-refractivity contribution >= 4 is 29.6 Å². The highest BCUT2D eigenvalue weighted by atomic mass is 35.5. The molecule has 1 N–H and O–H groups in total. The molecule has 4 amide bonds. The summed E-state index contributed by atoms with van der Waals surface area (Å²) in [5.41, 5.74) is -1.34. The summed E-state index contributed by atoms with van der Waals surface area (Å²) in [6.45, 7) is 5.23. The van der Waals surface area contributed by atoms with E-state index in [4.69, 9.17) is 11.8 Å². The van der Waals surface area contributed by atoms with Crippen molar-refractivity contribution in [1.29, 1.82) is 0 Å². The first-order valence-corrected chi connectivity index (χ1v) is 6.88. The highest BCUT2D eigenvalue weighted by Crippen LogP contribution is 2.31. The molecule has 106 valence electrons. The number of carbonyl (C=O) groups is 3. The first kappa shape index (κ1) is 14.3. The fraction of sp³-hybridized carbons (Fsp3) is 0.750. The van der Waals surface area contributed by atoms with Crippen LogP contribution in [0.25, 0.3) is 0 Å². The van der Waals surface area contributed by atoms with Crippen molar-refractivity contribution in [1.82, 2.24) is 14.6 Å². The van der Waals surface area contributed by atoms with Gasteiger partial charge in [-0.15, -0.1) is 0 Å². The molecule has 0 spiro atoms. The van der Waals surface area contributed by atoms with E-state index < -0.39 is 23.4 Å². The summed E-state index contributed by atoms with van der Waals surface area (Å²) in [5.74, 6) is -0.614. The number of halogens is 1. The Bertz CT molecular complexity index is 420. The van der Waals surface area contributed by atoms with E-state index in [0.717, 1.165) is 12.8 Å². The van der Waals surface area contributed by atoms with Crippen LogP contribution in [0.2, 0.25) is 0 Å². The lowest BCUT2D eigenvalue weighted by atomic mass is 9.86. The predicted octanol–water partition coefficient (Wildman–Crippen LogP) is 1.10. The topological polar surface area (TPSA) is 69.7 Å². The second kappa shape index (κ2) is 5.09. The lowest BCUT2D eigenvalue weighted by Gasteiger charge is -2.46. The third kappa shape index (κ3) is 2.12. The third-order valence-electron chi connectivity index (χ3n) is 4.14. The lowest BCUT2D eigenvalue weighted by Crippen LogP contribution is -2.72. The number of rotatable bonds is 2. The molecule has 2 aliphatic heterocycles. The van der Waals surface area contributed by atoms with E-state index in [0.29, 0.717) is 29.8 Å². The molecule has 0 bridgehead atoms. The molecule has 2 saturated heterocycles. The lowest BCUT2D eigenvalue weighted by molar-refractivity contribution is -0.153. The Hall–Kier alpha value is -1.14. The van der Waals surface area contributed by atoms with Crippen LogP contribution in [0.3, 0.4) is 0 Å². The number of amides is 4. The normalized spacial score (nSPS) is 30.7. The van der Waals surface area contributed by atoms with Crippen molar-refractivity contribution in [3.8, 4) is 0 Å². The fourth-order valence-corrected chi connectivity index (χ4v) is 2.99. The SMILES string of the molecule is CCC1(N2CCC(C)CC2)C(=O)NC(=O)N(Cl)C1=O. The van der Waals surface area contributed by atoms with E-state index in [2.05, 4.69) is 12.2 Å². The summed E-state index contributed by atoms with van der Waals surface area (Å²) in [7, 11) is 0. The van der Waals surface area contributed by atoms with Gasteiger partial charge in [0.15, 0.2) is 5.54 Å². The van der Waals surface area contributed by atoms with Gasteiger partial charge in [0.1, 0.15) is 0 Å². The van der Waals surface area contributed by atoms with Crippen LogP contribution < -0.4 is 5.32 Å². The zero-order valence-electron chi connectivity index (χ0n) is 11.1. The number of likely N-dealkylation sites (tertiary alicyclic amines) is 1. The Kier molecular flexibility index (Phi) is 3.82. The van der Waals surface area contributed by atoms with E-state index in [-0.39, 0.29) is 0 Å². The molecular formula is C12H18ClN3O3. The summed E-state index contributed by atoms with van der Waals surface area (Å²) < 4.78 is 0.489. The number of carbonyl (C=O) groups excluding carboxylic acids is 3. The average Bonchev–Trinajstić information content (AvgIpc) is 2.39. The second-order valence-corrected chi connectivity index (χ2v) is 5.57. The molecule has 0 aromatic rings. The van der Waals surface area contributed by atoms with Gasteiger partial charge in [-0.2, -0.15) is 4.42 Å². The minimum absolute atomic E-state index is 0.294. The fourth-order valence-electron chi connectivity index (χ4n) is 2.81. The highest BCUT2D eigenvalue weighted by Gasteiger charge is 2.56. The number of nitrogens with one attached hydrogen (secondary N) is 1. The molecule has 2 rings (SSSR count). The average molecular weight is 288 g/mol. The number of nitrogens with zero attached hydrogens (tertiary/aromatic N) is 2. The molecule has 1 atom stereocenters. The molecular weight excluding hydrogens is 270 g/mol.